The molecule has 0 unspecified atom stereocenters. The summed E-state index contributed by atoms with van der Waals surface area (Å²) in [7, 11) is 0. The highest BCUT2D eigenvalue weighted by Crippen LogP contribution is 2.27. The largest absolute Gasteiger partial charge is 0.508 e. The van der Waals surface area contributed by atoms with Crippen LogP contribution in [0.4, 0.5) is 0 Å². The lowest BCUT2D eigenvalue weighted by molar-refractivity contribution is -0.145. The number of amides is 19. The van der Waals surface area contributed by atoms with Crippen LogP contribution in [-0.2, 0) is 114 Å². The summed E-state index contributed by atoms with van der Waals surface area (Å²) < 4.78 is 0. The number of phenolic OH excluding ortho intramolecular Hbond substituents is 2. The summed E-state index contributed by atoms with van der Waals surface area (Å²) in [6.45, 7) is 17.2. The van der Waals surface area contributed by atoms with Crippen molar-refractivity contribution in [2.24, 2.45) is 35.1 Å². The number of aromatic hydroxyl groups is 2. The molecule has 50 nitrogen and oxygen atoms in total. The number of rotatable bonds is 56. The summed E-state index contributed by atoms with van der Waals surface area (Å²) in [4.78, 5) is 293. The van der Waals surface area contributed by atoms with Gasteiger partial charge in [-0.1, -0.05) is 86.1 Å². The molecule has 50 heteroatoms. The molecule has 2 aromatic carbocycles. The van der Waals surface area contributed by atoms with E-state index in [9.17, 15) is 132 Å². The fraction of sp³-hybridized carbons (Fsp3) is 0.645. The Morgan fingerprint density at radius 2 is 0.720 bits per heavy atom. The molecule has 22 atom stereocenters. The van der Waals surface area contributed by atoms with E-state index in [-0.39, 0.29) is 95.5 Å². The molecule has 0 spiro atoms. The smallest absolute Gasteiger partial charge is 0.322 e. The van der Waals surface area contributed by atoms with Crippen LogP contribution in [0.2, 0.25) is 0 Å². The van der Waals surface area contributed by atoms with E-state index in [1.165, 1.54) is 102 Å². The molecular formula is C93H145N21O29. The number of nitrogens with two attached hydrogens (primary N) is 2. The van der Waals surface area contributed by atoms with Gasteiger partial charge in [-0.05, 0) is 171 Å². The van der Waals surface area contributed by atoms with Crippen molar-refractivity contribution in [2.75, 3.05) is 45.9 Å². The number of hydrogen-bond donors (Lipinski definition) is 26. The molecule has 3 heterocycles. The van der Waals surface area contributed by atoms with Crippen LogP contribution >= 0.6 is 0 Å². The zero-order valence-electron chi connectivity index (χ0n) is 83.0. The molecule has 3 aliphatic heterocycles. The maximum atomic E-state index is 15.1. The Bertz CT molecular complexity index is 4770. The third-order valence-electron chi connectivity index (χ3n) is 24.7. The summed E-state index contributed by atoms with van der Waals surface area (Å²) in [5, 5.41) is 121. The third kappa shape index (κ3) is 36.9. The van der Waals surface area contributed by atoms with E-state index in [1.807, 2.05) is 5.32 Å². The summed E-state index contributed by atoms with van der Waals surface area (Å²) in [5.41, 5.74) is 12.4. The highest BCUT2D eigenvalue weighted by atomic mass is 16.4. The number of aliphatic hydroxyl groups is 4. The van der Waals surface area contributed by atoms with E-state index in [2.05, 4.69) is 79.8 Å². The number of carbonyl (C=O) groups excluding carboxylic acids is 19. The number of benzene rings is 2. The number of unbranched alkanes of at least 4 members (excludes halogenated alkanes) is 1. The predicted molar refractivity (Wildman–Crippen MR) is 509 cm³/mol. The predicted octanol–water partition coefficient (Wildman–Crippen LogP) is -7.51. The molecule has 0 saturated carbocycles. The Balaban J connectivity index is 1.25. The van der Waals surface area contributed by atoms with Crippen LogP contribution in [0.15, 0.2) is 48.5 Å². The molecule has 28 N–H and O–H groups in total. The van der Waals surface area contributed by atoms with Crippen molar-refractivity contribution in [3.63, 3.8) is 0 Å². The van der Waals surface area contributed by atoms with Crippen molar-refractivity contribution in [1.29, 1.82) is 0 Å². The number of nitrogens with one attached hydrogen (secondary N) is 16. The molecule has 5 rings (SSSR count). The van der Waals surface area contributed by atoms with Gasteiger partial charge in [0, 0.05) is 38.9 Å². The van der Waals surface area contributed by atoms with Gasteiger partial charge in [-0.15, -0.1) is 0 Å². The molecule has 0 radical (unpaired) electrons. The number of aliphatic carboxylic acids is 2. The first kappa shape index (κ1) is 120. The first-order valence-electron chi connectivity index (χ1n) is 48.0. The molecular weight excluding hydrogens is 1880 g/mol. The van der Waals surface area contributed by atoms with E-state index in [0.29, 0.717) is 30.4 Å². The van der Waals surface area contributed by atoms with E-state index >= 15 is 4.79 Å². The third-order valence-corrected chi connectivity index (χ3v) is 24.7. The molecule has 2 aromatic rings. The molecule has 143 heavy (non-hydrogen) atoms. The molecule has 0 aromatic heterocycles. The van der Waals surface area contributed by atoms with E-state index < -0.39 is 307 Å². The summed E-state index contributed by atoms with van der Waals surface area (Å²) in [6.07, 6.45) is -4.90. The normalized spacial score (nSPS) is 18.5. The standard InChI is InChI=1S/C93H145N21O29/c1-15-47(8)72(88(138)111-74(52(13)117)89(139)99-50(11)78(128)109-73(51(12)116)86(136)97-42-68(124)125)108-80(130)59(33-34-67(122)123)102-87(137)70(45(4)5)105-84(134)65-24-19-36-112(65)91(141)61(40-55-27-31-57(120)32-28-55)104-83(133)63-22-18-37-113(63)92(142)62(43-115)100-66(121)41-96-85(135)69(44(2)3)106-90(140)75(53(14)118)110-77(127)49(10)98-81(131)60(39-54-25-29-56(119)30-26-54)103-79(129)58(21-16-17-35-94)101-82(132)64-23-20-38-114(64)93(143)71(46(6)7)107-76(126)48(9)95/h25-32,44-53,58-65,69-75,115-120H,15-24,33-43,94-95H2,1-14H3,(H,96,135)(H,97,136)(H,98,131)(H,99,139)(H,100,121)(H,101,132)(H,102,137)(H,103,129)(H,104,133)(H,105,134)(H,106,140)(H,107,126)(H,108,130)(H,109,128)(H,110,127)(H,111,138)(H,122,123)(H,124,125)/t47-,48-,49-,50-,51+,52+,53+,58-,59-,60-,61-,62-,63-,64-,65-,69-,70-,71-,72-,73-,74-,75-/m0/s1. The first-order chi connectivity index (χ1) is 67.2. The zero-order valence-corrected chi connectivity index (χ0v) is 83.0. The van der Waals surface area contributed by atoms with Gasteiger partial charge in [-0.25, -0.2) is 0 Å². The van der Waals surface area contributed by atoms with Gasteiger partial charge in [-0.2, -0.15) is 0 Å². The van der Waals surface area contributed by atoms with Gasteiger partial charge in [0.25, 0.3) is 0 Å². The van der Waals surface area contributed by atoms with Crippen LogP contribution in [0.3, 0.4) is 0 Å². The van der Waals surface area contributed by atoms with Crippen LogP contribution in [0.1, 0.15) is 185 Å². The molecule has 3 aliphatic rings. The van der Waals surface area contributed by atoms with Gasteiger partial charge in [0.05, 0.1) is 37.5 Å². The number of hydrogen-bond acceptors (Lipinski definition) is 29. The Kier molecular flexibility index (Phi) is 48.5. The maximum absolute atomic E-state index is 15.1. The molecule has 0 aliphatic carbocycles. The molecule has 796 valence electrons. The van der Waals surface area contributed by atoms with Crippen molar-refractivity contribution in [3.8, 4) is 11.5 Å². The average Bonchev–Trinajstić information content (AvgIpc) is 1.69. The second-order valence-electron chi connectivity index (χ2n) is 37.4. The summed E-state index contributed by atoms with van der Waals surface area (Å²) >= 11 is 0. The lowest BCUT2D eigenvalue weighted by Crippen LogP contribution is -2.63. The molecule has 3 fully saturated rings. The van der Waals surface area contributed by atoms with Gasteiger partial charge >= 0.3 is 11.9 Å². The summed E-state index contributed by atoms with van der Waals surface area (Å²) in [5.74, 6) is -23.9. The molecule has 0 bridgehead atoms. The number of likely N-dealkylation sites (tertiary alicyclic amines) is 3. The van der Waals surface area contributed by atoms with Crippen LogP contribution < -0.4 is 96.5 Å². The number of nitrogens with zero attached hydrogens (tertiary/aromatic N) is 3. The van der Waals surface area contributed by atoms with E-state index in [0.717, 1.165) is 37.5 Å². The monoisotopic (exact) mass is 2020 g/mol. The first-order valence-corrected chi connectivity index (χ1v) is 48.0. The van der Waals surface area contributed by atoms with Gasteiger partial charge < -0.3 is 152 Å². The highest BCUT2D eigenvalue weighted by molar-refractivity contribution is 6.03. The topological polar surface area (TPSA) is 775 Å². The fourth-order valence-corrected chi connectivity index (χ4v) is 16.1. The molecule has 19 amide bonds. The average molecular weight is 2020 g/mol. The maximum Gasteiger partial charge on any atom is 0.322 e. The number of phenols is 2. The Hall–Kier alpha value is -13.3. The van der Waals surface area contributed by atoms with E-state index in [1.54, 1.807) is 20.8 Å². The minimum absolute atomic E-state index is 0.00101. The van der Waals surface area contributed by atoms with Crippen molar-refractivity contribution in [3.05, 3.63) is 59.7 Å². The fourth-order valence-electron chi connectivity index (χ4n) is 16.1. The van der Waals surface area contributed by atoms with Gasteiger partial charge in [0.1, 0.15) is 121 Å². The van der Waals surface area contributed by atoms with Crippen LogP contribution in [-0.4, -0.2) is 353 Å². The highest BCUT2D eigenvalue weighted by Gasteiger charge is 2.47. The number of aliphatic hydroxyl groups excluding tert-OH is 4. The Labute approximate surface area is 828 Å². The van der Waals surface area contributed by atoms with Gasteiger partial charge in [0.2, 0.25) is 112 Å². The molecule has 3 saturated heterocycles. The lowest BCUT2D eigenvalue weighted by Gasteiger charge is -2.32. The van der Waals surface area contributed by atoms with E-state index in [4.69, 9.17) is 16.6 Å². The van der Waals surface area contributed by atoms with Crippen LogP contribution in [0.25, 0.3) is 0 Å². The number of carboxylic acids is 2. The van der Waals surface area contributed by atoms with Crippen molar-refractivity contribution in [1.82, 2.24) is 99.8 Å². The quantitative estimate of drug-likeness (QED) is 0.0274. The van der Waals surface area contributed by atoms with Crippen LogP contribution in [0, 0.1) is 23.7 Å². The van der Waals surface area contributed by atoms with Gasteiger partial charge in [-0.3, -0.25) is 101 Å². The SMILES string of the molecule is CC[C@H](C)[C@H](NC(=O)[C@H](CCC(=O)O)NC(=O)[C@@H](NC(=O)[C@@H]1CCCN1C(=O)[C@H](Cc1ccc(O)cc1)NC(=O)[C@@H]1CCCN1C(=O)[C@H](CO)NC(=O)CNC(=O)[C@@H](NC(=O)[C@@H](NC(=O)[C@H](C)NC(=O)[C@H](Cc1ccc(O)cc1)NC(=O)[C@H](CCCCN)NC(=O)[C@@H]1CCCN1C(=O)[C@@H](NC(=O)[C@H](C)N)C(C)C)[C@@H](C)O)C(C)C)C(C)C)C(=O)N[C@H](C(=O)N[C@@H](C)C(=O)N[C@H](C(=O)NCC(=O)O)[C@@H](C)O)[C@@H](C)O. The number of carboxylic acid groups (broad SMARTS) is 2. The summed E-state index contributed by atoms with van der Waals surface area (Å²) in [6, 6.07) is -15.5. The Morgan fingerprint density at radius 3 is 1.17 bits per heavy atom. The minimum atomic E-state index is -1.85. The van der Waals surface area contributed by atoms with Crippen molar-refractivity contribution < 1.29 is 142 Å². The lowest BCUT2D eigenvalue weighted by atomic mass is 9.96. The van der Waals surface area contributed by atoms with Crippen LogP contribution in [0.5, 0.6) is 11.5 Å². The Morgan fingerprint density at radius 1 is 0.364 bits per heavy atom. The second-order valence-corrected chi connectivity index (χ2v) is 37.4. The zero-order chi connectivity index (χ0) is 107. The van der Waals surface area contributed by atoms with Crippen molar-refractivity contribution in [2.45, 2.75) is 314 Å². The minimum Gasteiger partial charge on any atom is -0.508 e. The van der Waals surface area contributed by atoms with Gasteiger partial charge in [0.15, 0.2) is 0 Å². The second kappa shape index (κ2) is 57.7. The number of carbonyl (C=O) groups is 21. The van der Waals surface area contributed by atoms with Crippen molar-refractivity contribution >= 4 is 124 Å².